The van der Waals surface area contributed by atoms with Gasteiger partial charge in [0.15, 0.2) is 5.65 Å². The van der Waals surface area contributed by atoms with Crippen LogP contribution >= 0.6 is 0 Å². The maximum absolute atomic E-state index is 12.9. The van der Waals surface area contributed by atoms with Gasteiger partial charge in [-0.25, -0.2) is 9.97 Å². The second-order valence-electron chi connectivity index (χ2n) is 7.24. The molecule has 1 amide bonds. The van der Waals surface area contributed by atoms with Gasteiger partial charge in [-0.2, -0.15) is 0 Å². The van der Waals surface area contributed by atoms with Gasteiger partial charge in [0.05, 0.1) is 11.9 Å². The summed E-state index contributed by atoms with van der Waals surface area (Å²) in [6.45, 7) is 4.09. The van der Waals surface area contributed by atoms with Crippen LogP contribution in [0.3, 0.4) is 0 Å². The fourth-order valence-corrected chi connectivity index (χ4v) is 3.21. The highest BCUT2D eigenvalue weighted by atomic mass is 16.2. The minimum atomic E-state index is -0.0412. The van der Waals surface area contributed by atoms with E-state index in [1.165, 1.54) is 18.4 Å². The molecule has 4 rings (SSSR count). The van der Waals surface area contributed by atoms with E-state index in [0.717, 1.165) is 23.3 Å². The number of carbonyl (C=O) groups excluding carboxylic acids is 1. The first-order valence-electron chi connectivity index (χ1n) is 9.04. The molecule has 1 atom stereocenters. The van der Waals surface area contributed by atoms with E-state index < -0.39 is 0 Å². The van der Waals surface area contributed by atoms with E-state index in [1.807, 2.05) is 45.6 Å². The molecule has 0 saturated heterocycles. The average Bonchev–Trinajstić information content (AvgIpc) is 3.39. The molecule has 3 aromatic rings. The number of carbonyl (C=O) groups is 1. The topological polar surface area (TPSA) is 63.9 Å². The van der Waals surface area contributed by atoms with Gasteiger partial charge in [0.25, 0.3) is 5.91 Å². The van der Waals surface area contributed by atoms with Crippen LogP contribution in [0, 0.1) is 6.92 Å². The minimum Gasteiger partial charge on any atom is -0.339 e. The summed E-state index contributed by atoms with van der Waals surface area (Å²) in [6.07, 6.45) is 8.39. The van der Waals surface area contributed by atoms with E-state index in [1.54, 1.807) is 11.1 Å². The van der Waals surface area contributed by atoms with Crippen molar-refractivity contribution >= 4 is 17.1 Å². The summed E-state index contributed by atoms with van der Waals surface area (Å²) in [6, 6.07) is 6.45. The van der Waals surface area contributed by atoms with Crippen molar-refractivity contribution in [2.45, 2.75) is 45.2 Å². The summed E-state index contributed by atoms with van der Waals surface area (Å²) in [4.78, 5) is 27.9. The van der Waals surface area contributed by atoms with Crippen molar-refractivity contribution in [1.29, 1.82) is 0 Å². The summed E-state index contributed by atoms with van der Waals surface area (Å²) < 4.78 is 2.11. The minimum absolute atomic E-state index is 0.0384. The van der Waals surface area contributed by atoms with Crippen LogP contribution in [-0.2, 0) is 6.42 Å². The molecule has 1 aliphatic carbocycles. The Bertz CT molecular complexity index is 960. The molecule has 0 aromatic carbocycles. The third kappa shape index (κ3) is 3.19. The lowest BCUT2D eigenvalue weighted by atomic mass is 10.1. The van der Waals surface area contributed by atoms with E-state index in [2.05, 4.69) is 25.6 Å². The molecule has 3 aromatic heterocycles. The number of aromatic nitrogens is 4. The van der Waals surface area contributed by atoms with Crippen molar-refractivity contribution in [1.82, 2.24) is 24.4 Å². The Morgan fingerprint density at radius 2 is 2.12 bits per heavy atom. The largest absolute Gasteiger partial charge is 0.339 e. The molecule has 0 radical (unpaired) electrons. The summed E-state index contributed by atoms with van der Waals surface area (Å²) in [5.41, 5.74) is 4.39. The van der Waals surface area contributed by atoms with Crippen LogP contribution in [0.2, 0.25) is 0 Å². The van der Waals surface area contributed by atoms with E-state index in [-0.39, 0.29) is 11.9 Å². The Kier molecular flexibility index (Phi) is 4.18. The average molecular weight is 349 g/mol. The molecule has 1 aliphatic rings. The van der Waals surface area contributed by atoms with Crippen molar-refractivity contribution in [3.63, 3.8) is 0 Å². The van der Waals surface area contributed by atoms with Gasteiger partial charge in [0, 0.05) is 43.6 Å². The van der Waals surface area contributed by atoms with Crippen LogP contribution in [-0.4, -0.2) is 43.4 Å². The molecule has 0 bridgehead atoms. The summed E-state index contributed by atoms with van der Waals surface area (Å²) in [5.74, 6) is -0.0412. The van der Waals surface area contributed by atoms with Gasteiger partial charge in [0.1, 0.15) is 5.52 Å². The van der Waals surface area contributed by atoms with Gasteiger partial charge in [-0.3, -0.25) is 9.78 Å². The summed E-state index contributed by atoms with van der Waals surface area (Å²) in [7, 11) is 1.83. The van der Waals surface area contributed by atoms with Gasteiger partial charge in [-0.15, -0.1) is 0 Å². The fraction of sp³-hybridized carbons (Fsp3) is 0.400. The highest BCUT2D eigenvalue weighted by Crippen LogP contribution is 2.36. The zero-order valence-corrected chi connectivity index (χ0v) is 15.4. The molecule has 6 nitrogen and oxygen atoms in total. The second-order valence-corrected chi connectivity index (χ2v) is 7.24. The van der Waals surface area contributed by atoms with Gasteiger partial charge in [-0.05, 0) is 50.5 Å². The van der Waals surface area contributed by atoms with Gasteiger partial charge in [0.2, 0.25) is 0 Å². The molecular formula is C20H23N5O. The number of hydrogen-bond acceptors (Lipinski definition) is 4. The van der Waals surface area contributed by atoms with E-state index in [9.17, 15) is 4.79 Å². The first kappa shape index (κ1) is 16.7. The van der Waals surface area contributed by atoms with Crippen LogP contribution in [0.5, 0.6) is 0 Å². The number of amides is 1. The lowest BCUT2D eigenvalue weighted by Crippen LogP contribution is -2.36. The molecule has 0 N–H and O–H groups in total. The van der Waals surface area contributed by atoms with Crippen molar-refractivity contribution < 1.29 is 4.79 Å². The van der Waals surface area contributed by atoms with Crippen molar-refractivity contribution in [2.24, 2.45) is 0 Å². The van der Waals surface area contributed by atoms with Crippen molar-refractivity contribution in [2.75, 3.05) is 7.05 Å². The number of aryl methyl sites for hydroxylation is 1. The van der Waals surface area contributed by atoms with Gasteiger partial charge >= 0.3 is 0 Å². The second kappa shape index (κ2) is 6.52. The third-order valence-electron chi connectivity index (χ3n) is 5.06. The number of hydrogen-bond donors (Lipinski definition) is 0. The predicted molar refractivity (Wildman–Crippen MR) is 100 cm³/mol. The molecular weight excluding hydrogens is 326 g/mol. The summed E-state index contributed by atoms with van der Waals surface area (Å²) >= 11 is 0. The number of fused-ring (bicyclic) bond motifs is 1. The molecule has 1 saturated carbocycles. The molecule has 1 unspecified atom stereocenters. The normalized spacial score (nSPS) is 15.2. The van der Waals surface area contributed by atoms with Crippen molar-refractivity contribution in [3.05, 3.63) is 53.7 Å². The SMILES string of the molecule is Cc1ccnc(CC(C)N(C)C(=O)c2cnc3c(c2)ncn3C2CC2)c1. The smallest absolute Gasteiger partial charge is 0.255 e. The lowest BCUT2D eigenvalue weighted by Gasteiger charge is -2.25. The highest BCUT2D eigenvalue weighted by molar-refractivity contribution is 5.96. The fourth-order valence-electron chi connectivity index (χ4n) is 3.21. The Morgan fingerprint density at radius 1 is 1.31 bits per heavy atom. The van der Waals surface area contributed by atoms with E-state index in [4.69, 9.17) is 0 Å². The Balaban J connectivity index is 1.51. The van der Waals surface area contributed by atoms with Crippen LogP contribution < -0.4 is 0 Å². The first-order chi connectivity index (χ1) is 12.5. The van der Waals surface area contributed by atoms with Crippen LogP contribution in [0.25, 0.3) is 11.2 Å². The standard InChI is InChI=1S/C20H23N5O/c1-13-6-7-21-16(8-13)9-14(2)24(3)20(26)15-10-18-19(22-11-15)25(12-23-18)17-4-5-17/h6-8,10-12,14,17H,4-5,9H2,1-3H3. The molecule has 0 aliphatic heterocycles. The van der Waals surface area contributed by atoms with Gasteiger partial charge in [-0.1, -0.05) is 0 Å². The molecule has 26 heavy (non-hydrogen) atoms. The van der Waals surface area contributed by atoms with Gasteiger partial charge < -0.3 is 9.47 Å². The molecule has 3 heterocycles. The molecule has 0 spiro atoms. The predicted octanol–water partition coefficient (Wildman–Crippen LogP) is 3.17. The number of likely N-dealkylation sites (N-methyl/N-ethyl adjacent to an activating group) is 1. The Labute approximate surface area is 152 Å². The van der Waals surface area contributed by atoms with Crippen LogP contribution in [0.1, 0.15) is 47.4 Å². The van der Waals surface area contributed by atoms with E-state index >= 15 is 0 Å². The van der Waals surface area contributed by atoms with E-state index in [0.29, 0.717) is 11.6 Å². The van der Waals surface area contributed by atoms with Crippen LogP contribution in [0.4, 0.5) is 0 Å². The van der Waals surface area contributed by atoms with Crippen molar-refractivity contribution in [3.8, 4) is 0 Å². The maximum atomic E-state index is 12.9. The number of pyridine rings is 2. The molecule has 134 valence electrons. The Hall–Kier alpha value is -2.76. The maximum Gasteiger partial charge on any atom is 0.255 e. The zero-order valence-electron chi connectivity index (χ0n) is 15.4. The number of nitrogens with zero attached hydrogens (tertiary/aromatic N) is 5. The van der Waals surface area contributed by atoms with Crippen LogP contribution in [0.15, 0.2) is 36.9 Å². The quantitative estimate of drug-likeness (QED) is 0.710. The summed E-state index contributed by atoms with van der Waals surface area (Å²) in [5, 5.41) is 0. The third-order valence-corrected chi connectivity index (χ3v) is 5.06. The highest BCUT2D eigenvalue weighted by Gasteiger charge is 2.26. The Morgan fingerprint density at radius 3 is 2.85 bits per heavy atom. The lowest BCUT2D eigenvalue weighted by molar-refractivity contribution is 0.0742. The first-order valence-corrected chi connectivity index (χ1v) is 9.04. The monoisotopic (exact) mass is 349 g/mol. The molecule has 6 heteroatoms. The molecule has 1 fully saturated rings. The zero-order chi connectivity index (χ0) is 18.3. The number of rotatable bonds is 5. The number of imidazole rings is 1.